The van der Waals surface area contributed by atoms with Crippen molar-refractivity contribution in [1.29, 1.82) is 0 Å². The fraction of sp³-hybridized carbons (Fsp3) is 0.417. The van der Waals surface area contributed by atoms with Crippen LogP contribution in [-0.4, -0.2) is 43.5 Å². The van der Waals surface area contributed by atoms with E-state index in [1.807, 2.05) is 0 Å². The van der Waals surface area contributed by atoms with Gasteiger partial charge in [-0.05, 0) is 24.6 Å². The van der Waals surface area contributed by atoms with Crippen LogP contribution in [0.3, 0.4) is 0 Å². The molecule has 0 atom stereocenters. The predicted molar refractivity (Wildman–Crippen MR) is 69.7 cm³/mol. The Morgan fingerprint density at radius 3 is 2.55 bits per heavy atom. The van der Waals surface area contributed by atoms with Gasteiger partial charge in [0.25, 0.3) is 0 Å². The number of halogens is 3. The summed E-state index contributed by atoms with van der Waals surface area (Å²) in [5, 5.41) is 8.76. The minimum absolute atomic E-state index is 0.167. The number of ether oxygens (including phenoxy) is 1. The Kier molecular flexibility index (Phi) is 6.18. The molecule has 0 heterocycles. The summed E-state index contributed by atoms with van der Waals surface area (Å²) in [6, 6.07) is 2.02. The second kappa shape index (κ2) is 7.45. The predicted octanol–water partition coefficient (Wildman–Crippen LogP) is 1.91. The summed E-state index contributed by atoms with van der Waals surface area (Å²) in [5.41, 5.74) is 0. The molecular weight excluding hydrogens is 327 g/mol. The number of carboxylic acids is 1. The fourth-order valence-electron chi connectivity index (χ4n) is 1.70. The van der Waals surface area contributed by atoms with Gasteiger partial charge in [-0.15, -0.1) is 0 Å². The number of hydrogen-bond acceptors (Lipinski definition) is 4. The topological polar surface area (TPSA) is 83.9 Å². The van der Waals surface area contributed by atoms with Gasteiger partial charge in [0.05, 0.1) is 0 Å². The van der Waals surface area contributed by atoms with E-state index in [4.69, 9.17) is 5.11 Å². The highest BCUT2D eigenvalue weighted by atomic mass is 32.2. The first-order chi connectivity index (χ1) is 10.2. The van der Waals surface area contributed by atoms with Crippen LogP contribution in [0.2, 0.25) is 0 Å². The highest BCUT2D eigenvalue weighted by Gasteiger charge is 2.30. The van der Waals surface area contributed by atoms with Crippen molar-refractivity contribution < 1.29 is 36.2 Å². The van der Waals surface area contributed by atoms with Crippen LogP contribution in [0.5, 0.6) is 5.75 Å². The molecule has 22 heavy (non-hydrogen) atoms. The quantitative estimate of drug-likeness (QED) is 0.781. The Bertz CT molecular complexity index is 636. The molecule has 1 N–H and O–H groups in total. The molecule has 1 aromatic carbocycles. The molecule has 0 aliphatic carbocycles. The van der Waals surface area contributed by atoms with Gasteiger partial charge < -0.3 is 9.84 Å². The van der Waals surface area contributed by atoms with Crippen molar-refractivity contribution in [3.8, 4) is 5.75 Å². The summed E-state index contributed by atoms with van der Waals surface area (Å²) in [4.78, 5) is 9.92. The van der Waals surface area contributed by atoms with Gasteiger partial charge in [-0.25, -0.2) is 12.8 Å². The molecule has 0 fully saturated rings. The first kappa shape index (κ1) is 18.2. The van der Waals surface area contributed by atoms with Gasteiger partial charge in [-0.2, -0.15) is 13.1 Å². The van der Waals surface area contributed by atoms with E-state index in [2.05, 4.69) is 4.74 Å². The molecule has 0 unspecified atom stereocenters. The van der Waals surface area contributed by atoms with Gasteiger partial charge in [0.2, 0.25) is 10.0 Å². The van der Waals surface area contributed by atoms with Crippen molar-refractivity contribution in [2.45, 2.75) is 24.9 Å². The van der Waals surface area contributed by atoms with Crippen molar-refractivity contribution >= 4 is 16.0 Å². The molecule has 0 aliphatic heterocycles. The van der Waals surface area contributed by atoms with Gasteiger partial charge in [0.15, 0.2) is 0 Å². The highest BCUT2D eigenvalue weighted by Crippen LogP contribution is 2.29. The molecule has 0 aromatic heterocycles. The molecular formula is C12H14F3NO5S. The van der Waals surface area contributed by atoms with Crippen molar-refractivity contribution in [2.24, 2.45) is 0 Å². The van der Waals surface area contributed by atoms with Crippen LogP contribution in [0.25, 0.3) is 0 Å². The summed E-state index contributed by atoms with van der Waals surface area (Å²) < 4.78 is 67.3. The summed E-state index contributed by atoms with van der Waals surface area (Å²) in [7, 11) is -4.50. The number of aliphatic carboxylic acids is 1. The van der Waals surface area contributed by atoms with Gasteiger partial charge in [0, 0.05) is 6.54 Å². The molecule has 0 spiro atoms. The minimum atomic E-state index is -4.50. The fourth-order valence-corrected chi connectivity index (χ4v) is 3.31. The molecule has 1 rings (SSSR count). The molecule has 0 bridgehead atoms. The summed E-state index contributed by atoms with van der Waals surface area (Å²) in [6.45, 7) is -2.74. The van der Waals surface area contributed by atoms with Crippen molar-refractivity contribution in [2.75, 3.05) is 13.1 Å². The zero-order valence-electron chi connectivity index (χ0n) is 11.5. The number of hydrogen-bond donors (Lipinski definition) is 1. The van der Waals surface area contributed by atoms with E-state index >= 15 is 0 Å². The van der Waals surface area contributed by atoms with Crippen LogP contribution in [-0.2, 0) is 14.8 Å². The van der Waals surface area contributed by atoms with Crippen LogP contribution < -0.4 is 4.74 Å². The Morgan fingerprint density at radius 2 is 2.05 bits per heavy atom. The third-order valence-electron chi connectivity index (χ3n) is 2.52. The van der Waals surface area contributed by atoms with E-state index in [1.165, 1.54) is 0 Å². The Balaban J connectivity index is 3.35. The second-order valence-electron chi connectivity index (χ2n) is 4.20. The van der Waals surface area contributed by atoms with E-state index in [0.717, 1.165) is 12.1 Å². The lowest BCUT2D eigenvalue weighted by atomic mass is 10.3. The standard InChI is InChI=1S/C12H14F3NO5S/c1-2-5-16(7-11(17)18)22(19,20)10-6-8(13)3-4-9(10)21-12(14)15/h3-4,6,12H,2,5,7H2,1H3,(H,17,18). The summed E-state index contributed by atoms with van der Waals surface area (Å²) >= 11 is 0. The number of rotatable bonds is 8. The smallest absolute Gasteiger partial charge is 0.387 e. The molecule has 124 valence electrons. The average molecular weight is 341 g/mol. The number of nitrogens with zero attached hydrogens (tertiary/aromatic N) is 1. The number of alkyl halides is 2. The summed E-state index contributed by atoms with van der Waals surface area (Å²) in [5.74, 6) is -3.15. The van der Waals surface area contributed by atoms with E-state index < -0.39 is 45.6 Å². The van der Waals surface area contributed by atoms with E-state index in [1.54, 1.807) is 6.92 Å². The van der Waals surface area contributed by atoms with E-state index in [-0.39, 0.29) is 13.0 Å². The van der Waals surface area contributed by atoms with Gasteiger partial charge in [-0.3, -0.25) is 4.79 Å². The maximum Gasteiger partial charge on any atom is 0.387 e. The number of carbonyl (C=O) groups is 1. The largest absolute Gasteiger partial charge is 0.480 e. The Hall–Kier alpha value is -1.81. The monoisotopic (exact) mass is 341 g/mol. The number of sulfonamides is 1. The minimum Gasteiger partial charge on any atom is -0.480 e. The zero-order valence-corrected chi connectivity index (χ0v) is 12.3. The lowest BCUT2D eigenvalue weighted by Gasteiger charge is -2.21. The van der Waals surface area contributed by atoms with E-state index in [0.29, 0.717) is 10.4 Å². The van der Waals surface area contributed by atoms with Crippen LogP contribution >= 0.6 is 0 Å². The SMILES string of the molecule is CCCN(CC(=O)O)S(=O)(=O)c1cc(F)ccc1OC(F)F. The van der Waals surface area contributed by atoms with Gasteiger partial charge in [0.1, 0.15) is 23.0 Å². The molecule has 0 saturated heterocycles. The first-order valence-electron chi connectivity index (χ1n) is 6.14. The van der Waals surface area contributed by atoms with Crippen molar-refractivity contribution in [3.63, 3.8) is 0 Å². The summed E-state index contributed by atoms with van der Waals surface area (Å²) in [6.07, 6.45) is 0.285. The molecule has 0 amide bonds. The molecule has 1 aromatic rings. The molecule has 0 saturated carbocycles. The molecule has 0 aliphatic rings. The number of carboxylic acid groups (broad SMARTS) is 1. The lowest BCUT2D eigenvalue weighted by Crippen LogP contribution is -2.36. The maximum atomic E-state index is 13.3. The van der Waals surface area contributed by atoms with Gasteiger partial charge in [-0.1, -0.05) is 6.92 Å². The Morgan fingerprint density at radius 1 is 1.41 bits per heavy atom. The van der Waals surface area contributed by atoms with E-state index in [9.17, 15) is 26.4 Å². The normalized spacial score (nSPS) is 11.9. The van der Waals surface area contributed by atoms with Crippen molar-refractivity contribution in [1.82, 2.24) is 4.31 Å². The van der Waals surface area contributed by atoms with Crippen molar-refractivity contribution in [3.05, 3.63) is 24.0 Å². The first-order valence-corrected chi connectivity index (χ1v) is 7.58. The third-order valence-corrected chi connectivity index (χ3v) is 4.39. The zero-order chi connectivity index (χ0) is 16.9. The maximum absolute atomic E-state index is 13.3. The molecule has 0 radical (unpaired) electrons. The van der Waals surface area contributed by atoms with Crippen LogP contribution in [0, 0.1) is 5.82 Å². The molecule has 6 nitrogen and oxygen atoms in total. The highest BCUT2D eigenvalue weighted by molar-refractivity contribution is 7.89. The van der Waals surface area contributed by atoms with Crippen LogP contribution in [0.1, 0.15) is 13.3 Å². The molecule has 10 heteroatoms. The third kappa shape index (κ3) is 4.60. The number of benzene rings is 1. The van der Waals surface area contributed by atoms with Crippen LogP contribution in [0.4, 0.5) is 13.2 Å². The average Bonchev–Trinajstić information content (AvgIpc) is 2.39. The Labute approximate surface area is 125 Å². The van der Waals surface area contributed by atoms with Crippen LogP contribution in [0.15, 0.2) is 23.1 Å². The van der Waals surface area contributed by atoms with Gasteiger partial charge >= 0.3 is 12.6 Å². The lowest BCUT2D eigenvalue weighted by molar-refractivity contribution is -0.137. The second-order valence-corrected chi connectivity index (χ2v) is 6.11.